The van der Waals surface area contributed by atoms with Crippen molar-refractivity contribution in [2.75, 3.05) is 0 Å². The molecule has 4 aromatic heterocycles. The van der Waals surface area contributed by atoms with E-state index in [2.05, 4.69) is 27.5 Å². The number of carbonyl (C=O) groups is 1. The van der Waals surface area contributed by atoms with Crippen LogP contribution in [0, 0.1) is 17.8 Å². The molecule has 170 valence electrons. The van der Waals surface area contributed by atoms with Crippen LogP contribution in [0.1, 0.15) is 43.1 Å². The molecule has 6 rings (SSSR count). The van der Waals surface area contributed by atoms with Crippen LogP contribution < -0.4 is 5.32 Å². The lowest BCUT2D eigenvalue weighted by atomic mass is 9.84. The molecule has 2 bridgehead atoms. The molecule has 0 saturated heterocycles. The molecule has 0 aromatic carbocycles. The van der Waals surface area contributed by atoms with E-state index in [1.54, 1.807) is 32.3 Å². The first kappa shape index (κ1) is 20.1. The number of amides is 1. The van der Waals surface area contributed by atoms with Gasteiger partial charge in [0.15, 0.2) is 11.3 Å². The SMILES string of the molecule is C[C@@H](NC(=O)c1cc2nc(-c3ccnn3C)cc(-c3ccnn3C)n2n1)[C@@H]1C[C@H]2CC[C@H]1C2. The molecular formula is C24H28N8O. The fourth-order valence-electron chi connectivity index (χ4n) is 5.94. The smallest absolute Gasteiger partial charge is 0.272 e. The highest BCUT2D eigenvalue weighted by atomic mass is 16.2. The van der Waals surface area contributed by atoms with Crippen molar-refractivity contribution < 1.29 is 4.79 Å². The Hall–Kier alpha value is -3.49. The Bertz CT molecular complexity index is 1350. The molecule has 2 saturated carbocycles. The Kier molecular flexibility index (Phi) is 4.60. The second kappa shape index (κ2) is 7.54. The van der Waals surface area contributed by atoms with Gasteiger partial charge in [0, 0.05) is 38.6 Å². The van der Waals surface area contributed by atoms with E-state index in [1.807, 2.05) is 32.3 Å². The molecule has 9 heteroatoms. The molecule has 4 atom stereocenters. The molecule has 4 heterocycles. The van der Waals surface area contributed by atoms with E-state index < -0.39 is 0 Å². The number of hydrogen-bond donors (Lipinski definition) is 1. The summed E-state index contributed by atoms with van der Waals surface area (Å²) in [5.41, 5.74) is 4.34. The third-order valence-corrected chi connectivity index (χ3v) is 7.62. The quantitative estimate of drug-likeness (QED) is 0.510. The highest BCUT2D eigenvalue weighted by Gasteiger charge is 2.42. The third kappa shape index (κ3) is 3.34. The topological polar surface area (TPSA) is 94.9 Å². The molecule has 33 heavy (non-hydrogen) atoms. The van der Waals surface area contributed by atoms with Crippen LogP contribution in [0.3, 0.4) is 0 Å². The monoisotopic (exact) mass is 444 g/mol. The van der Waals surface area contributed by atoms with Crippen molar-refractivity contribution in [1.82, 2.24) is 39.5 Å². The number of nitrogens with zero attached hydrogens (tertiary/aromatic N) is 7. The van der Waals surface area contributed by atoms with E-state index in [9.17, 15) is 4.79 Å². The Labute approximate surface area is 191 Å². The van der Waals surface area contributed by atoms with E-state index in [4.69, 9.17) is 4.98 Å². The highest BCUT2D eigenvalue weighted by molar-refractivity contribution is 5.93. The second-order valence-electron chi connectivity index (χ2n) is 9.61. The molecule has 2 aliphatic rings. The van der Waals surface area contributed by atoms with Crippen LogP contribution in [0.2, 0.25) is 0 Å². The van der Waals surface area contributed by atoms with Gasteiger partial charge in [-0.1, -0.05) is 6.42 Å². The number of rotatable bonds is 5. The number of carbonyl (C=O) groups excluding carboxylic acids is 1. The molecule has 2 fully saturated rings. The van der Waals surface area contributed by atoms with Gasteiger partial charge in [0.2, 0.25) is 0 Å². The van der Waals surface area contributed by atoms with E-state index in [0.717, 1.165) is 34.6 Å². The predicted molar refractivity (Wildman–Crippen MR) is 123 cm³/mol. The predicted octanol–water partition coefficient (Wildman–Crippen LogP) is 3.08. The first-order valence-electron chi connectivity index (χ1n) is 11.7. The molecule has 9 nitrogen and oxygen atoms in total. The maximum absolute atomic E-state index is 13.2. The van der Waals surface area contributed by atoms with Crippen molar-refractivity contribution in [3.8, 4) is 22.8 Å². The molecular weight excluding hydrogens is 416 g/mol. The zero-order chi connectivity index (χ0) is 22.7. The number of fused-ring (bicyclic) bond motifs is 3. The summed E-state index contributed by atoms with van der Waals surface area (Å²) < 4.78 is 5.31. The van der Waals surface area contributed by atoms with Crippen molar-refractivity contribution in [3.05, 3.63) is 42.4 Å². The summed E-state index contributed by atoms with van der Waals surface area (Å²) in [5.74, 6) is 2.04. The van der Waals surface area contributed by atoms with Gasteiger partial charge in [-0.3, -0.25) is 14.2 Å². The summed E-state index contributed by atoms with van der Waals surface area (Å²) in [6, 6.07) is 7.73. The van der Waals surface area contributed by atoms with Crippen LogP contribution in [0.15, 0.2) is 36.7 Å². The van der Waals surface area contributed by atoms with Crippen molar-refractivity contribution in [2.24, 2.45) is 31.8 Å². The van der Waals surface area contributed by atoms with Crippen LogP contribution in [-0.4, -0.2) is 46.1 Å². The highest BCUT2D eigenvalue weighted by Crippen LogP contribution is 2.49. The summed E-state index contributed by atoms with van der Waals surface area (Å²) in [6.45, 7) is 2.14. The fraction of sp³-hybridized carbons (Fsp3) is 0.458. The molecule has 1 N–H and O–H groups in total. The third-order valence-electron chi connectivity index (χ3n) is 7.62. The van der Waals surface area contributed by atoms with Crippen molar-refractivity contribution in [3.63, 3.8) is 0 Å². The summed E-state index contributed by atoms with van der Waals surface area (Å²) in [6.07, 6.45) is 8.72. The van der Waals surface area contributed by atoms with E-state index in [0.29, 0.717) is 17.3 Å². The minimum atomic E-state index is -0.145. The lowest BCUT2D eigenvalue weighted by molar-refractivity contribution is 0.0910. The van der Waals surface area contributed by atoms with Gasteiger partial charge < -0.3 is 5.32 Å². The van der Waals surface area contributed by atoms with Gasteiger partial charge in [-0.2, -0.15) is 15.3 Å². The van der Waals surface area contributed by atoms with Gasteiger partial charge in [0.05, 0.1) is 22.8 Å². The maximum Gasteiger partial charge on any atom is 0.272 e. The zero-order valence-electron chi connectivity index (χ0n) is 19.1. The largest absolute Gasteiger partial charge is 0.348 e. The van der Waals surface area contributed by atoms with Crippen LogP contribution in [0.25, 0.3) is 28.4 Å². The van der Waals surface area contributed by atoms with Crippen LogP contribution in [0.5, 0.6) is 0 Å². The van der Waals surface area contributed by atoms with Crippen LogP contribution in [0.4, 0.5) is 0 Å². The summed E-state index contributed by atoms with van der Waals surface area (Å²) in [4.78, 5) is 18.0. The van der Waals surface area contributed by atoms with Gasteiger partial charge in [-0.15, -0.1) is 0 Å². The Morgan fingerprint density at radius 3 is 2.42 bits per heavy atom. The van der Waals surface area contributed by atoms with Gasteiger partial charge in [0.1, 0.15) is 0 Å². The molecule has 1 amide bonds. The normalized spacial score (nSPS) is 22.8. The van der Waals surface area contributed by atoms with Gasteiger partial charge in [-0.05, 0) is 62.1 Å². The lowest BCUT2D eigenvalue weighted by Gasteiger charge is -2.28. The average molecular weight is 445 g/mol. The van der Waals surface area contributed by atoms with Crippen molar-refractivity contribution in [1.29, 1.82) is 0 Å². The van der Waals surface area contributed by atoms with Crippen LogP contribution in [-0.2, 0) is 14.1 Å². The van der Waals surface area contributed by atoms with E-state index in [1.165, 1.54) is 25.7 Å². The Morgan fingerprint density at radius 1 is 1.03 bits per heavy atom. The Morgan fingerprint density at radius 2 is 1.79 bits per heavy atom. The molecule has 4 aromatic rings. The first-order chi connectivity index (χ1) is 16.0. The number of hydrogen-bond acceptors (Lipinski definition) is 5. The summed E-state index contributed by atoms with van der Waals surface area (Å²) in [7, 11) is 3.77. The number of aromatic nitrogens is 7. The Balaban J connectivity index is 1.37. The van der Waals surface area contributed by atoms with Gasteiger partial charge in [0.25, 0.3) is 5.91 Å². The van der Waals surface area contributed by atoms with E-state index in [-0.39, 0.29) is 11.9 Å². The first-order valence-corrected chi connectivity index (χ1v) is 11.7. The summed E-state index contributed by atoms with van der Waals surface area (Å²) >= 11 is 0. The lowest BCUT2D eigenvalue weighted by Crippen LogP contribution is -2.40. The summed E-state index contributed by atoms with van der Waals surface area (Å²) in [5, 5.41) is 16.5. The fourth-order valence-corrected chi connectivity index (χ4v) is 5.94. The maximum atomic E-state index is 13.2. The number of nitrogens with one attached hydrogen (secondary N) is 1. The van der Waals surface area contributed by atoms with Crippen molar-refractivity contribution >= 4 is 11.6 Å². The van der Waals surface area contributed by atoms with Gasteiger partial charge in [-0.25, -0.2) is 9.50 Å². The standard InChI is InChI=1S/C24H28N8O/c1-14(17-11-15-4-5-16(17)10-15)27-24(33)19-13-23-28-18(20-6-8-25-30(20)2)12-22(32(23)29-19)21-7-9-26-31(21)3/h6-9,12-17H,4-5,10-11H2,1-3H3,(H,27,33)/t14-,15+,16+,17+/m1/s1. The molecule has 0 radical (unpaired) electrons. The number of aryl methyl sites for hydroxylation is 2. The minimum absolute atomic E-state index is 0.145. The molecule has 0 aliphatic heterocycles. The van der Waals surface area contributed by atoms with Crippen molar-refractivity contribution in [2.45, 2.75) is 38.6 Å². The zero-order valence-corrected chi connectivity index (χ0v) is 19.1. The van der Waals surface area contributed by atoms with Gasteiger partial charge >= 0.3 is 0 Å². The minimum Gasteiger partial charge on any atom is -0.348 e. The molecule has 0 unspecified atom stereocenters. The molecule has 0 spiro atoms. The second-order valence-corrected chi connectivity index (χ2v) is 9.61. The van der Waals surface area contributed by atoms with E-state index >= 15 is 0 Å². The molecule has 2 aliphatic carbocycles. The van der Waals surface area contributed by atoms with Crippen LogP contribution >= 0.6 is 0 Å². The average Bonchev–Trinajstić information content (AvgIpc) is 3.60.